The van der Waals surface area contributed by atoms with E-state index in [1.54, 1.807) is 30.3 Å². The summed E-state index contributed by atoms with van der Waals surface area (Å²) < 4.78 is 0. The van der Waals surface area contributed by atoms with E-state index in [0.717, 1.165) is 25.7 Å². The van der Waals surface area contributed by atoms with E-state index in [0.29, 0.717) is 12.0 Å². The van der Waals surface area contributed by atoms with Crippen molar-refractivity contribution in [3.63, 3.8) is 0 Å². The predicted molar refractivity (Wildman–Crippen MR) is 83.9 cm³/mol. The monoisotopic (exact) mass is 318 g/mol. The zero-order valence-corrected chi connectivity index (χ0v) is 11.8. The van der Waals surface area contributed by atoms with Gasteiger partial charge in [-0.3, -0.25) is 9.59 Å². The second-order valence-electron chi connectivity index (χ2n) is 5.05. The van der Waals surface area contributed by atoms with Crippen LogP contribution in [0.25, 0.3) is 0 Å². The Kier molecular flexibility index (Phi) is 10.4. The molecule has 0 saturated carbocycles. The average molecular weight is 318 g/mol. The number of carbonyl (C=O) groups is 2. The Bertz CT molecular complexity index is 431. The summed E-state index contributed by atoms with van der Waals surface area (Å²) in [7, 11) is 0. The van der Waals surface area contributed by atoms with Crippen LogP contribution in [0.5, 0.6) is 0 Å². The summed E-state index contributed by atoms with van der Waals surface area (Å²) in [4.78, 5) is 23.2. The number of rotatable bonds is 9. The van der Waals surface area contributed by atoms with Crippen LogP contribution in [0.2, 0.25) is 0 Å². The third-order valence-electron chi connectivity index (χ3n) is 3.65. The molecule has 0 aliphatic carbocycles. The molecule has 1 aromatic carbocycles. The molecule has 0 saturated heterocycles. The van der Waals surface area contributed by atoms with Crippen LogP contribution in [0.3, 0.4) is 0 Å². The van der Waals surface area contributed by atoms with E-state index in [1.807, 2.05) is 0 Å². The minimum absolute atomic E-state index is 0. The molecule has 0 amide bonds. The number of carboxylic acids is 2. The van der Waals surface area contributed by atoms with Crippen molar-refractivity contribution in [2.24, 2.45) is 0 Å². The maximum atomic E-state index is 11.6. The van der Waals surface area contributed by atoms with E-state index in [1.165, 1.54) is 0 Å². The summed E-state index contributed by atoms with van der Waals surface area (Å²) in [6.45, 7) is 2.10. The van der Waals surface area contributed by atoms with Gasteiger partial charge in [0.15, 0.2) is 5.41 Å². The number of carboxylic acid groups (broad SMARTS) is 2. The normalized spacial score (nSPS) is 10.7. The molecule has 0 bridgehead atoms. The summed E-state index contributed by atoms with van der Waals surface area (Å²) >= 11 is 0. The van der Waals surface area contributed by atoms with E-state index in [9.17, 15) is 19.8 Å². The van der Waals surface area contributed by atoms with Gasteiger partial charge in [-0.25, -0.2) is 0 Å². The van der Waals surface area contributed by atoms with Crippen molar-refractivity contribution in [2.45, 2.75) is 50.9 Å². The van der Waals surface area contributed by atoms with Gasteiger partial charge in [-0.2, -0.15) is 0 Å². The van der Waals surface area contributed by atoms with E-state index in [2.05, 4.69) is 6.92 Å². The van der Waals surface area contributed by atoms with Crippen LogP contribution in [-0.2, 0) is 15.0 Å². The topological polar surface area (TPSA) is 74.6 Å². The van der Waals surface area contributed by atoms with Gasteiger partial charge in [0.25, 0.3) is 0 Å². The van der Waals surface area contributed by atoms with E-state index in [4.69, 9.17) is 0 Å². The maximum absolute atomic E-state index is 11.6. The van der Waals surface area contributed by atoms with Gasteiger partial charge in [0.1, 0.15) is 0 Å². The SMILES string of the molecule is CCCCCCCC(C(=O)O)(C(=O)O)c1ccccc1.[KH]. The van der Waals surface area contributed by atoms with Crippen molar-refractivity contribution in [3.05, 3.63) is 35.9 Å². The molecule has 0 aromatic heterocycles. The summed E-state index contributed by atoms with van der Waals surface area (Å²) in [5.74, 6) is -2.57. The average Bonchev–Trinajstić information content (AvgIpc) is 2.43. The van der Waals surface area contributed by atoms with E-state index >= 15 is 0 Å². The van der Waals surface area contributed by atoms with Crippen LogP contribution in [0.4, 0.5) is 0 Å². The van der Waals surface area contributed by atoms with Gasteiger partial charge in [-0.1, -0.05) is 69.4 Å². The molecule has 0 radical (unpaired) electrons. The molecule has 2 N–H and O–H groups in total. The number of unbranched alkanes of at least 4 members (excludes halogenated alkanes) is 4. The molecular weight excluding hydrogens is 295 g/mol. The molecule has 0 aliphatic heterocycles. The zero-order chi connectivity index (χ0) is 15.0. The second kappa shape index (κ2) is 10.5. The van der Waals surface area contributed by atoms with Crippen molar-refractivity contribution in [2.75, 3.05) is 0 Å². The van der Waals surface area contributed by atoms with Crippen molar-refractivity contribution >= 4 is 63.3 Å². The quantitative estimate of drug-likeness (QED) is 0.417. The summed E-state index contributed by atoms with van der Waals surface area (Å²) in [5.41, 5.74) is -1.48. The molecule has 21 heavy (non-hydrogen) atoms. The summed E-state index contributed by atoms with van der Waals surface area (Å²) in [6.07, 6.45) is 4.81. The molecule has 1 aromatic rings. The Labute approximate surface area is 168 Å². The van der Waals surface area contributed by atoms with Crippen molar-refractivity contribution in [1.29, 1.82) is 0 Å². The molecule has 0 fully saturated rings. The van der Waals surface area contributed by atoms with Crippen molar-refractivity contribution < 1.29 is 19.8 Å². The molecule has 0 heterocycles. The minimum atomic E-state index is -1.83. The Morgan fingerprint density at radius 2 is 1.48 bits per heavy atom. The van der Waals surface area contributed by atoms with E-state index in [-0.39, 0.29) is 57.8 Å². The van der Waals surface area contributed by atoms with Gasteiger partial charge in [-0.15, -0.1) is 0 Å². The first kappa shape index (κ1) is 20.8. The molecular formula is C16H23KO4. The molecule has 0 spiro atoms. The van der Waals surface area contributed by atoms with Gasteiger partial charge >= 0.3 is 63.3 Å². The van der Waals surface area contributed by atoms with Gasteiger partial charge in [-0.05, 0) is 12.0 Å². The van der Waals surface area contributed by atoms with Crippen molar-refractivity contribution in [1.82, 2.24) is 0 Å². The number of benzene rings is 1. The Hall–Kier alpha value is -0.204. The fourth-order valence-electron chi connectivity index (χ4n) is 2.41. The fraction of sp³-hybridized carbons (Fsp3) is 0.500. The van der Waals surface area contributed by atoms with Crippen molar-refractivity contribution in [3.8, 4) is 0 Å². The summed E-state index contributed by atoms with van der Waals surface area (Å²) in [5, 5.41) is 18.9. The molecule has 0 unspecified atom stereocenters. The number of hydrogen-bond donors (Lipinski definition) is 2. The summed E-state index contributed by atoms with van der Waals surface area (Å²) in [6, 6.07) is 8.25. The van der Waals surface area contributed by atoms with Gasteiger partial charge in [0, 0.05) is 0 Å². The third-order valence-corrected chi connectivity index (χ3v) is 3.65. The Morgan fingerprint density at radius 1 is 0.952 bits per heavy atom. The molecule has 4 nitrogen and oxygen atoms in total. The first-order chi connectivity index (χ1) is 9.55. The molecule has 5 heteroatoms. The van der Waals surface area contributed by atoms with E-state index < -0.39 is 17.4 Å². The molecule has 1 rings (SSSR count). The predicted octanol–water partition coefficient (Wildman–Crippen LogP) is 2.81. The van der Waals surface area contributed by atoms with Crippen LogP contribution in [0.1, 0.15) is 51.0 Å². The van der Waals surface area contributed by atoms with Gasteiger partial charge in [0.05, 0.1) is 0 Å². The van der Waals surface area contributed by atoms with Gasteiger partial charge < -0.3 is 10.2 Å². The Morgan fingerprint density at radius 3 is 1.95 bits per heavy atom. The molecule has 0 aliphatic rings. The van der Waals surface area contributed by atoms with Crippen LogP contribution in [0, 0.1) is 0 Å². The van der Waals surface area contributed by atoms with Crippen LogP contribution in [-0.4, -0.2) is 73.5 Å². The van der Waals surface area contributed by atoms with Crippen LogP contribution < -0.4 is 0 Å². The first-order valence-electron chi connectivity index (χ1n) is 7.08. The second-order valence-corrected chi connectivity index (χ2v) is 5.05. The van der Waals surface area contributed by atoms with Crippen LogP contribution >= 0.6 is 0 Å². The standard InChI is InChI=1S/C16H22O4.K.H/c1-2-3-4-5-9-12-16(14(17)18,15(19)20)13-10-7-6-8-11-13;;/h6-8,10-11H,2-5,9,12H2,1H3,(H,17,18)(H,19,20);;. The molecule has 0 atom stereocenters. The third kappa shape index (κ3) is 5.49. The zero-order valence-electron chi connectivity index (χ0n) is 11.8. The number of hydrogen-bond acceptors (Lipinski definition) is 2. The first-order valence-corrected chi connectivity index (χ1v) is 7.08. The fourth-order valence-corrected chi connectivity index (χ4v) is 2.41. The van der Waals surface area contributed by atoms with Gasteiger partial charge in [0.2, 0.25) is 0 Å². The number of aliphatic carboxylic acids is 2. The molecule has 112 valence electrons. The van der Waals surface area contributed by atoms with Crippen LogP contribution in [0.15, 0.2) is 30.3 Å². The Balaban J connectivity index is 0.00000400.